The number of carbonyl (C=O) groups is 4. The first kappa shape index (κ1) is 25.2. The lowest BCUT2D eigenvalue weighted by atomic mass is 9.99. The number of aliphatic carboxylic acids is 1. The lowest BCUT2D eigenvalue weighted by Gasteiger charge is -2.29. The molecule has 32 heavy (non-hydrogen) atoms. The number of hydrogen-bond acceptors (Lipinski definition) is 4. The van der Waals surface area contributed by atoms with Gasteiger partial charge in [-0.15, -0.1) is 0 Å². The number of nitrogens with one attached hydrogen (secondary N) is 2. The topological polar surface area (TPSA) is 116 Å². The smallest absolute Gasteiger partial charge is 0.328 e. The number of benzene rings is 1. The lowest BCUT2D eigenvalue weighted by Crippen LogP contribution is -2.58. The Hall–Kier alpha value is -3.04. The van der Waals surface area contributed by atoms with Crippen molar-refractivity contribution in [3.63, 3.8) is 0 Å². The first-order valence-electron chi connectivity index (χ1n) is 10.4. The van der Waals surface area contributed by atoms with Crippen molar-refractivity contribution in [2.75, 3.05) is 0 Å². The van der Waals surface area contributed by atoms with Gasteiger partial charge in [-0.05, 0) is 32.3 Å². The summed E-state index contributed by atoms with van der Waals surface area (Å²) in [6.07, 6.45) is 0.422. The summed E-state index contributed by atoms with van der Waals surface area (Å²) in [6.45, 7) is 5.91. The molecule has 8 nitrogen and oxygen atoms in total. The van der Waals surface area contributed by atoms with Gasteiger partial charge in [0.1, 0.15) is 11.6 Å². The molecule has 0 aliphatic carbocycles. The Bertz CT molecular complexity index is 904. The summed E-state index contributed by atoms with van der Waals surface area (Å²) in [6, 6.07) is 2.20. The second-order valence-electron chi connectivity index (χ2n) is 8.84. The zero-order valence-electron chi connectivity index (χ0n) is 18.6. The third kappa shape index (κ3) is 6.02. The number of nitrogens with zero attached hydrogens (tertiary/aromatic N) is 1. The maximum atomic E-state index is 14.0. The van der Waals surface area contributed by atoms with E-state index in [0.717, 1.165) is 6.07 Å². The Morgan fingerprint density at radius 1 is 1.25 bits per heavy atom. The van der Waals surface area contributed by atoms with E-state index in [1.54, 1.807) is 13.8 Å². The summed E-state index contributed by atoms with van der Waals surface area (Å²) in [5, 5.41) is 14.2. The van der Waals surface area contributed by atoms with E-state index >= 15 is 0 Å². The fourth-order valence-corrected chi connectivity index (χ4v) is 3.50. The van der Waals surface area contributed by atoms with Gasteiger partial charge in [-0.1, -0.05) is 26.0 Å². The van der Waals surface area contributed by atoms with Crippen LogP contribution >= 0.6 is 0 Å². The number of likely N-dealkylation sites (tertiary alicyclic amines) is 1. The maximum Gasteiger partial charge on any atom is 0.328 e. The van der Waals surface area contributed by atoms with Gasteiger partial charge >= 0.3 is 5.97 Å². The molecular weight excluding hydrogens is 424 g/mol. The van der Waals surface area contributed by atoms with E-state index < -0.39 is 47.0 Å². The molecule has 1 heterocycles. The average Bonchev–Trinajstić information content (AvgIpc) is 3.02. The van der Waals surface area contributed by atoms with Crippen molar-refractivity contribution < 1.29 is 33.1 Å². The lowest BCUT2D eigenvalue weighted by molar-refractivity contribution is -0.146. The van der Waals surface area contributed by atoms with E-state index in [1.165, 1.54) is 30.9 Å². The van der Waals surface area contributed by atoms with Crippen molar-refractivity contribution in [1.82, 2.24) is 15.5 Å². The van der Waals surface area contributed by atoms with Crippen LogP contribution in [0.1, 0.15) is 52.5 Å². The van der Waals surface area contributed by atoms with Gasteiger partial charge in [0.2, 0.25) is 17.7 Å². The highest BCUT2D eigenvalue weighted by atomic mass is 19.2. The van der Waals surface area contributed by atoms with Gasteiger partial charge in [0.05, 0.1) is 0 Å². The summed E-state index contributed by atoms with van der Waals surface area (Å²) < 4.78 is 27.5. The highest BCUT2D eigenvalue weighted by Crippen LogP contribution is 2.25. The number of rotatable bonds is 9. The largest absolute Gasteiger partial charge is 0.480 e. The summed E-state index contributed by atoms with van der Waals surface area (Å²) in [7, 11) is 0. The molecule has 0 aromatic heterocycles. The van der Waals surface area contributed by atoms with Gasteiger partial charge in [0, 0.05) is 31.0 Å². The summed E-state index contributed by atoms with van der Waals surface area (Å²) in [4.78, 5) is 50.1. The third-order valence-corrected chi connectivity index (χ3v) is 5.48. The Kier molecular flexibility index (Phi) is 7.92. The molecule has 0 saturated carbocycles. The summed E-state index contributed by atoms with van der Waals surface area (Å²) >= 11 is 0. The number of amides is 3. The molecule has 1 aromatic carbocycles. The molecule has 1 aliphatic heterocycles. The molecule has 176 valence electrons. The van der Waals surface area contributed by atoms with Crippen molar-refractivity contribution in [3.05, 3.63) is 35.4 Å². The third-order valence-electron chi connectivity index (χ3n) is 5.48. The zero-order chi connectivity index (χ0) is 24.2. The average molecular weight is 453 g/mol. The van der Waals surface area contributed by atoms with Crippen LogP contribution in [0.25, 0.3) is 0 Å². The van der Waals surface area contributed by atoms with Crippen LogP contribution in [0.4, 0.5) is 8.78 Å². The van der Waals surface area contributed by atoms with Crippen LogP contribution in [0, 0.1) is 17.6 Å². The van der Waals surface area contributed by atoms with Gasteiger partial charge in [-0.25, -0.2) is 13.6 Å². The minimum atomic E-state index is -1.52. The molecular formula is C22H29F2N3O5. The maximum absolute atomic E-state index is 14.0. The fraction of sp³-hybridized carbons (Fsp3) is 0.545. The highest BCUT2D eigenvalue weighted by molar-refractivity contribution is 5.92. The molecule has 2 atom stereocenters. The molecule has 3 amide bonds. The first-order valence-corrected chi connectivity index (χ1v) is 10.4. The molecule has 2 rings (SSSR count). The van der Waals surface area contributed by atoms with Crippen molar-refractivity contribution in [2.24, 2.45) is 5.92 Å². The molecule has 1 aliphatic rings. The Labute approximate surface area is 185 Å². The van der Waals surface area contributed by atoms with Crippen LogP contribution in [-0.2, 0) is 25.7 Å². The van der Waals surface area contributed by atoms with Crippen molar-refractivity contribution in [1.29, 1.82) is 0 Å². The minimum Gasteiger partial charge on any atom is -0.480 e. The summed E-state index contributed by atoms with van der Waals surface area (Å²) in [5.41, 5.74) is -1.50. The monoisotopic (exact) mass is 453 g/mol. The van der Waals surface area contributed by atoms with Crippen LogP contribution in [0.15, 0.2) is 18.2 Å². The van der Waals surface area contributed by atoms with Crippen LogP contribution in [0.5, 0.6) is 0 Å². The van der Waals surface area contributed by atoms with Gasteiger partial charge < -0.3 is 20.6 Å². The first-order chi connectivity index (χ1) is 14.8. The van der Waals surface area contributed by atoms with E-state index in [0.29, 0.717) is 6.42 Å². The van der Waals surface area contributed by atoms with E-state index in [2.05, 4.69) is 10.6 Å². The second-order valence-corrected chi connectivity index (χ2v) is 8.84. The van der Waals surface area contributed by atoms with Gasteiger partial charge in [0.25, 0.3) is 0 Å². The van der Waals surface area contributed by atoms with E-state index in [9.17, 15) is 33.1 Å². The predicted octanol–water partition coefficient (Wildman–Crippen LogP) is 1.97. The second kappa shape index (κ2) is 10.1. The van der Waals surface area contributed by atoms with Crippen LogP contribution < -0.4 is 10.6 Å². The molecule has 0 spiro atoms. The molecule has 3 N–H and O–H groups in total. The Morgan fingerprint density at radius 2 is 1.91 bits per heavy atom. The quantitative estimate of drug-likeness (QED) is 0.529. The summed E-state index contributed by atoms with van der Waals surface area (Å²) in [5.74, 6) is -5.01. The minimum absolute atomic E-state index is 0.0148. The number of carboxylic acid groups (broad SMARTS) is 1. The van der Waals surface area contributed by atoms with Crippen molar-refractivity contribution in [3.8, 4) is 0 Å². The predicted molar refractivity (Wildman–Crippen MR) is 111 cm³/mol. The van der Waals surface area contributed by atoms with Gasteiger partial charge in [-0.2, -0.15) is 0 Å². The molecule has 10 heteroatoms. The van der Waals surface area contributed by atoms with E-state index in [1.807, 2.05) is 0 Å². The SMILES string of the molecule is CC(C)[C@H](NC(=O)C[C@@H]1CCC(=O)N1Cc1cccc(F)c1F)C(=O)NC(C)(C)C(=O)O. The number of carbonyl (C=O) groups excluding carboxylic acids is 3. The van der Waals surface area contributed by atoms with Gasteiger partial charge in [-0.3, -0.25) is 14.4 Å². The van der Waals surface area contributed by atoms with E-state index in [-0.39, 0.29) is 36.8 Å². The molecule has 1 fully saturated rings. The van der Waals surface area contributed by atoms with Crippen LogP contribution in [0.2, 0.25) is 0 Å². The van der Waals surface area contributed by atoms with Gasteiger partial charge in [0.15, 0.2) is 11.6 Å². The highest BCUT2D eigenvalue weighted by Gasteiger charge is 2.36. The van der Waals surface area contributed by atoms with Crippen LogP contribution in [0.3, 0.4) is 0 Å². The Morgan fingerprint density at radius 3 is 2.50 bits per heavy atom. The normalized spacial score (nSPS) is 17.4. The molecule has 0 radical (unpaired) electrons. The number of carboxylic acids is 1. The Balaban J connectivity index is 2.07. The fourth-order valence-electron chi connectivity index (χ4n) is 3.50. The van der Waals surface area contributed by atoms with Crippen LogP contribution in [-0.4, -0.2) is 51.3 Å². The molecule has 0 unspecified atom stereocenters. The number of hydrogen-bond donors (Lipinski definition) is 3. The van der Waals surface area contributed by atoms with Crippen molar-refractivity contribution in [2.45, 2.75) is 71.1 Å². The molecule has 1 aromatic rings. The molecule has 1 saturated heterocycles. The standard InChI is InChI=1S/C22H29F2N3O5/c1-12(2)19(20(30)26-22(3,4)21(31)32)25-16(28)10-14-8-9-17(29)27(14)11-13-6-5-7-15(23)18(13)24/h5-7,12,14,19H,8-11H2,1-4H3,(H,25,28)(H,26,30)(H,31,32)/t14-,19-/m0/s1. The number of halogens is 2. The van der Waals surface area contributed by atoms with Crippen molar-refractivity contribution >= 4 is 23.7 Å². The van der Waals surface area contributed by atoms with E-state index in [4.69, 9.17) is 0 Å². The zero-order valence-corrected chi connectivity index (χ0v) is 18.6. The molecule has 0 bridgehead atoms.